The zero-order valence-electron chi connectivity index (χ0n) is 20.2. The van der Waals surface area contributed by atoms with Crippen LogP contribution in [0.2, 0.25) is 0 Å². The maximum absolute atomic E-state index is 5.03. The first-order chi connectivity index (χ1) is 16.4. The molecular weight excluding hydrogens is 418 g/mol. The van der Waals surface area contributed by atoms with E-state index in [2.05, 4.69) is 103 Å². The Labute approximate surface area is 199 Å². The number of aromatic nitrogens is 4. The van der Waals surface area contributed by atoms with Gasteiger partial charge in [-0.3, -0.25) is 9.47 Å². The predicted octanol–water partition coefficient (Wildman–Crippen LogP) is 6.85. The number of hydrogen-bond donors (Lipinski definition) is 0. The van der Waals surface area contributed by atoms with Crippen LogP contribution in [0.15, 0.2) is 72.8 Å². The Morgan fingerprint density at radius 3 is 1.82 bits per heavy atom. The van der Waals surface area contributed by atoms with Gasteiger partial charge in [0.2, 0.25) is 0 Å². The second-order valence-corrected chi connectivity index (χ2v) is 9.54. The zero-order valence-corrected chi connectivity index (χ0v) is 20.2. The van der Waals surface area contributed by atoms with E-state index in [0.717, 1.165) is 45.7 Å². The molecule has 0 amide bonds. The fourth-order valence-corrected chi connectivity index (χ4v) is 5.31. The van der Waals surface area contributed by atoms with E-state index in [9.17, 15) is 0 Å². The lowest BCUT2D eigenvalue weighted by Gasteiger charge is -2.41. The Hall–Kier alpha value is -3.99. The quantitative estimate of drug-likeness (QED) is 0.298. The van der Waals surface area contributed by atoms with Crippen molar-refractivity contribution in [3.05, 3.63) is 101 Å². The highest BCUT2D eigenvalue weighted by atomic mass is 15.3. The van der Waals surface area contributed by atoms with Crippen LogP contribution in [0.3, 0.4) is 0 Å². The van der Waals surface area contributed by atoms with E-state index in [-0.39, 0.29) is 5.41 Å². The number of rotatable bonds is 2. The molecule has 1 aliphatic heterocycles. The molecule has 6 rings (SSSR count). The molecule has 0 fully saturated rings. The van der Waals surface area contributed by atoms with Crippen LogP contribution in [-0.2, 0) is 5.41 Å². The summed E-state index contributed by atoms with van der Waals surface area (Å²) in [6.45, 7) is 10.7. The van der Waals surface area contributed by atoms with Crippen LogP contribution in [0.1, 0.15) is 42.2 Å². The second kappa shape index (κ2) is 7.26. The number of anilines is 3. The highest BCUT2D eigenvalue weighted by Crippen LogP contribution is 2.52. The number of fused-ring (bicyclic) bond motifs is 3. The monoisotopic (exact) mass is 445 g/mol. The molecule has 5 nitrogen and oxygen atoms in total. The molecule has 0 radical (unpaired) electrons. The summed E-state index contributed by atoms with van der Waals surface area (Å²) in [5.74, 6) is 2.43. The van der Waals surface area contributed by atoms with E-state index in [4.69, 9.17) is 15.0 Å². The topological polar surface area (TPSA) is 46.8 Å². The molecule has 0 bridgehead atoms. The van der Waals surface area contributed by atoms with Crippen LogP contribution in [0.5, 0.6) is 0 Å². The molecule has 0 atom stereocenters. The first kappa shape index (κ1) is 20.6. The number of para-hydroxylation sites is 3. The summed E-state index contributed by atoms with van der Waals surface area (Å²) < 4.78 is 2.15. The molecular formula is C29H27N5. The van der Waals surface area contributed by atoms with Crippen molar-refractivity contribution in [1.82, 2.24) is 19.5 Å². The first-order valence-corrected chi connectivity index (χ1v) is 11.7. The van der Waals surface area contributed by atoms with Gasteiger partial charge in [0.25, 0.3) is 0 Å². The van der Waals surface area contributed by atoms with Crippen molar-refractivity contribution >= 4 is 28.4 Å². The molecule has 1 aliphatic rings. The second-order valence-electron chi connectivity index (χ2n) is 9.54. The maximum atomic E-state index is 5.03. The summed E-state index contributed by atoms with van der Waals surface area (Å²) in [6, 6.07) is 25.6. The highest BCUT2D eigenvalue weighted by Gasteiger charge is 2.38. The molecule has 0 spiro atoms. The Balaban J connectivity index is 1.70. The van der Waals surface area contributed by atoms with E-state index in [1.807, 2.05) is 13.8 Å². The summed E-state index contributed by atoms with van der Waals surface area (Å²) >= 11 is 0. The van der Waals surface area contributed by atoms with Crippen LogP contribution in [0.4, 0.5) is 17.2 Å². The van der Waals surface area contributed by atoms with E-state index in [0.29, 0.717) is 0 Å². The lowest BCUT2D eigenvalue weighted by molar-refractivity contribution is 0.631. The normalized spacial score (nSPS) is 14.2. The Morgan fingerprint density at radius 2 is 1.21 bits per heavy atom. The van der Waals surface area contributed by atoms with E-state index in [1.54, 1.807) is 0 Å². The molecule has 5 aromatic rings. The molecule has 0 aliphatic carbocycles. The smallest absolute Gasteiger partial charge is 0.170 e. The molecule has 0 saturated heterocycles. The Bertz CT molecular complexity index is 1530. The summed E-state index contributed by atoms with van der Waals surface area (Å²) in [7, 11) is 0. The van der Waals surface area contributed by atoms with Crippen molar-refractivity contribution in [2.24, 2.45) is 0 Å². The molecule has 0 N–H and O–H groups in total. The van der Waals surface area contributed by atoms with Gasteiger partial charge in [-0.1, -0.05) is 68.4 Å². The predicted molar refractivity (Wildman–Crippen MR) is 138 cm³/mol. The van der Waals surface area contributed by atoms with Crippen LogP contribution in [0, 0.1) is 20.8 Å². The maximum Gasteiger partial charge on any atom is 0.170 e. The summed E-state index contributed by atoms with van der Waals surface area (Å²) in [5.41, 5.74) is 8.58. The van der Waals surface area contributed by atoms with Crippen molar-refractivity contribution < 1.29 is 0 Å². The minimum atomic E-state index is -0.124. The van der Waals surface area contributed by atoms with Gasteiger partial charge in [0, 0.05) is 5.41 Å². The standard InChI is InChI=1S/C29H27N5/c1-18-12-6-9-15-23(18)33-20(3)32-26-27(33)30-19(2)31-28(26)34-24-16-10-7-13-21(24)29(4,5)22-14-8-11-17-25(22)34/h6-17H,1-5H3. The molecule has 3 heterocycles. The molecule has 2 aromatic heterocycles. The molecule has 3 aromatic carbocycles. The number of imidazole rings is 1. The van der Waals surface area contributed by atoms with Gasteiger partial charge in [0.15, 0.2) is 17.0 Å². The van der Waals surface area contributed by atoms with Crippen molar-refractivity contribution in [2.75, 3.05) is 4.90 Å². The van der Waals surface area contributed by atoms with E-state index in [1.165, 1.54) is 16.7 Å². The molecule has 168 valence electrons. The fourth-order valence-electron chi connectivity index (χ4n) is 5.31. The summed E-state index contributed by atoms with van der Waals surface area (Å²) in [4.78, 5) is 17.1. The minimum Gasteiger partial charge on any atom is -0.292 e. The van der Waals surface area contributed by atoms with E-state index < -0.39 is 0 Å². The van der Waals surface area contributed by atoms with Crippen LogP contribution < -0.4 is 4.90 Å². The van der Waals surface area contributed by atoms with Gasteiger partial charge in [-0.05, 0) is 55.7 Å². The summed E-state index contributed by atoms with van der Waals surface area (Å²) in [5, 5.41) is 0. The average Bonchev–Trinajstić information content (AvgIpc) is 3.15. The molecule has 5 heteroatoms. The number of hydrogen-bond acceptors (Lipinski definition) is 4. The van der Waals surface area contributed by atoms with Crippen LogP contribution in [-0.4, -0.2) is 19.5 Å². The third kappa shape index (κ3) is 2.83. The minimum absolute atomic E-state index is 0.124. The SMILES string of the molecule is Cc1nc(N2c3ccccc3C(C)(C)c3ccccc32)c2nc(C)n(-c3ccccc3C)c2n1. The van der Waals surface area contributed by atoms with Crippen molar-refractivity contribution in [1.29, 1.82) is 0 Å². The first-order valence-electron chi connectivity index (χ1n) is 11.7. The van der Waals surface area contributed by atoms with Gasteiger partial charge < -0.3 is 0 Å². The lowest BCUT2D eigenvalue weighted by Crippen LogP contribution is -2.31. The molecule has 34 heavy (non-hydrogen) atoms. The highest BCUT2D eigenvalue weighted by molar-refractivity contribution is 5.95. The van der Waals surface area contributed by atoms with Crippen molar-refractivity contribution in [3.8, 4) is 5.69 Å². The van der Waals surface area contributed by atoms with Gasteiger partial charge in [0.05, 0.1) is 17.1 Å². The van der Waals surface area contributed by atoms with Gasteiger partial charge in [-0.2, -0.15) is 0 Å². The Kier molecular flexibility index (Phi) is 4.40. The number of nitrogens with zero attached hydrogens (tertiary/aromatic N) is 5. The number of aryl methyl sites for hydroxylation is 3. The van der Waals surface area contributed by atoms with E-state index >= 15 is 0 Å². The van der Waals surface area contributed by atoms with Crippen molar-refractivity contribution in [2.45, 2.75) is 40.0 Å². The zero-order chi connectivity index (χ0) is 23.6. The largest absolute Gasteiger partial charge is 0.292 e. The average molecular weight is 446 g/mol. The third-order valence-corrected chi connectivity index (χ3v) is 6.97. The lowest BCUT2D eigenvalue weighted by atomic mass is 9.73. The van der Waals surface area contributed by atoms with Gasteiger partial charge in [-0.25, -0.2) is 15.0 Å². The molecule has 0 saturated carbocycles. The summed E-state index contributed by atoms with van der Waals surface area (Å²) in [6.07, 6.45) is 0. The van der Waals surface area contributed by atoms with Crippen LogP contribution >= 0.6 is 0 Å². The van der Waals surface area contributed by atoms with Gasteiger partial charge in [-0.15, -0.1) is 0 Å². The van der Waals surface area contributed by atoms with Crippen LogP contribution in [0.25, 0.3) is 16.9 Å². The van der Waals surface area contributed by atoms with Gasteiger partial charge >= 0.3 is 0 Å². The Morgan fingerprint density at radius 1 is 0.647 bits per heavy atom. The number of benzene rings is 3. The van der Waals surface area contributed by atoms with Crippen molar-refractivity contribution in [3.63, 3.8) is 0 Å². The third-order valence-electron chi connectivity index (χ3n) is 6.97. The van der Waals surface area contributed by atoms with Gasteiger partial charge in [0.1, 0.15) is 11.6 Å². The fraction of sp³-hybridized carbons (Fsp3) is 0.207. The molecule has 0 unspecified atom stereocenters.